The highest BCUT2D eigenvalue weighted by molar-refractivity contribution is 7.99. The number of ether oxygens (including phenoxy) is 7. The molecule has 22 rings (SSSR count). The van der Waals surface area contributed by atoms with Crippen molar-refractivity contribution in [3.8, 4) is 0 Å². The Morgan fingerprint density at radius 3 is 1.54 bits per heavy atom. The Hall–Kier alpha value is -6.68. The summed E-state index contributed by atoms with van der Waals surface area (Å²) < 4.78 is 55.1. The SMILES string of the molecule is C1CCCCC1.C1CCOC1.C1CCOCC1.C1CCSC1.C=S1(=O)OC2CC3CC2C1C3.O=C1CCCO1.O=C1OC2CC3CC1C2C3.O=C1OCC2C3CCC(C3)C12.O=C1OCCO1.c1ccc2cnccc2c1.c1ccc2ncccc2c1.c1ccncc1.c1ccoc1.c1ccsc1. The lowest BCUT2D eigenvalue weighted by molar-refractivity contribution is -0.144. The molecule has 17 nitrogen and oxygen atoms in total. The second-order valence-electron chi connectivity index (χ2n) is 27.8. The van der Waals surface area contributed by atoms with E-state index < -0.39 is 16.0 Å². The van der Waals surface area contributed by atoms with Crippen molar-refractivity contribution in [1.82, 2.24) is 15.0 Å². The number of thiophene rings is 1. The zero-order valence-corrected chi connectivity index (χ0v) is 62.0. The van der Waals surface area contributed by atoms with Crippen LogP contribution < -0.4 is 0 Å². The Labute approximate surface area is 613 Å². The van der Waals surface area contributed by atoms with E-state index in [1.54, 1.807) is 36.3 Å². The molecule has 15 aliphatic rings. The molecule has 0 N–H and O–H groups in total. The minimum absolute atomic E-state index is 0.0463. The highest BCUT2D eigenvalue weighted by atomic mass is 32.2. The summed E-state index contributed by atoms with van der Waals surface area (Å²) in [5, 5.41) is 8.04. The largest absolute Gasteiger partial charge is 0.508 e. The quantitative estimate of drug-likeness (QED) is 0.0785. The number of rotatable bonds is 0. The van der Waals surface area contributed by atoms with Crippen LogP contribution in [0.1, 0.15) is 154 Å². The highest BCUT2D eigenvalue weighted by Gasteiger charge is 2.58. The fourth-order valence-electron chi connectivity index (χ4n) is 15.6. The molecular weight excluding hydrogens is 1350 g/mol. The molecule has 20 heteroatoms. The number of pyridine rings is 3. The summed E-state index contributed by atoms with van der Waals surface area (Å²) >= 11 is 3.79. The third-order valence-corrected chi connectivity index (χ3v) is 24.4. The van der Waals surface area contributed by atoms with Crippen molar-refractivity contribution < 1.29 is 65.1 Å². The first kappa shape index (κ1) is 79.4. The molecule has 7 aromatic rings. The van der Waals surface area contributed by atoms with Gasteiger partial charge in [-0.05, 0) is 214 Å². The molecule has 7 aliphatic carbocycles. The summed E-state index contributed by atoms with van der Waals surface area (Å²) in [6.45, 7) is 6.20. The second kappa shape index (κ2) is 45.5. The van der Waals surface area contributed by atoms with Gasteiger partial charge in [0.05, 0.1) is 64.2 Å². The highest BCUT2D eigenvalue weighted by Crippen LogP contribution is 2.56. The molecule has 13 heterocycles. The van der Waals surface area contributed by atoms with Gasteiger partial charge in [-0.25, -0.2) is 9.00 Å². The van der Waals surface area contributed by atoms with Crippen molar-refractivity contribution in [2.75, 3.05) is 64.4 Å². The molecule has 0 amide bonds. The van der Waals surface area contributed by atoms with E-state index in [1.807, 2.05) is 114 Å². The maximum atomic E-state index is 11.7. The monoisotopic (exact) mass is 1460 g/mol. The number of thioether (sulfide) groups is 1. The molecule has 8 aliphatic heterocycles. The topological polar surface area (TPSA) is 211 Å². The normalized spacial score (nSPS) is 29.1. The number of aromatic nitrogens is 3. The molecule has 2 aromatic carbocycles. The van der Waals surface area contributed by atoms with Gasteiger partial charge in [-0.1, -0.05) is 105 Å². The van der Waals surface area contributed by atoms with E-state index in [1.165, 1.54) is 143 Å². The van der Waals surface area contributed by atoms with Crippen LogP contribution in [-0.2, 0) is 61.5 Å². The van der Waals surface area contributed by atoms with Gasteiger partial charge in [0, 0.05) is 87.0 Å². The second-order valence-corrected chi connectivity index (χ2v) is 31.9. The summed E-state index contributed by atoms with van der Waals surface area (Å²) in [7, 11) is -2.13. The number of cyclic esters (lactones) is 4. The van der Waals surface area contributed by atoms with Crippen LogP contribution >= 0.6 is 23.1 Å². The third-order valence-electron chi connectivity index (χ3n) is 20.6. The number of hydrogen-bond donors (Lipinski definition) is 0. The lowest BCUT2D eigenvalue weighted by Crippen LogP contribution is -2.22. The van der Waals surface area contributed by atoms with E-state index in [2.05, 4.69) is 75.5 Å². The first-order valence-electron chi connectivity index (χ1n) is 37.6. The average molecular weight is 1460 g/mol. The number of carbonyl (C=O) groups excluding carboxylic acids is 4. The number of fused-ring (bicyclic) bond motifs is 9. The molecule has 8 saturated heterocycles. The number of hydrogen-bond acceptors (Lipinski definition) is 19. The average Bonchev–Trinajstić information content (AvgIpc) is 1.63. The number of carbonyl (C=O) groups is 4. The summed E-state index contributed by atoms with van der Waals surface area (Å²) in [6.07, 6.45) is 43.3. The van der Waals surface area contributed by atoms with Crippen LogP contribution in [0.25, 0.3) is 21.7 Å². The molecule has 6 bridgehead atoms. The molecule has 15 fully saturated rings. The fraction of sp³-hybridized carbons (Fsp3) is 0.561. The summed E-state index contributed by atoms with van der Waals surface area (Å²) in [4.78, 5) is 54.1. The molecule has 13 unspecified atom stereocenters. The van der Waals surface area contributed by atoms with Crippen LogP contribution in [0.3, 0.4) is 0 Å². The molecule has 554 valence electrons. The first-order valence-corrected chi connectivity index (χ1v) is 41.4. The number of esters is 3. The summed E-state index contributed by atoms with van der Waals surface area (Å²) in [6, 6.07) is 35.7. The zero-order chi connectivity index (χ0) is 71.1. The van der Waals surface area contributed by atoms with Crippen LogP contribution in [0.5, 0.6) is 0 Å². The lowest BCUT2D eigenvalue weighted by atomic mass is 9.81. The standard InChI is InChI=1S/2C9H7N.C9H12O2.C8H12O2S.C8H10O2.C6H12.C5H5N.C5H10O.C4H6O2.C4H8O.C4H4O.C4H8S.C4H4S.C3H4O3/c1-2-6-9-8(4-1)5-3-7-10-9;1-2-4-9-7-10-6-5-8(9)3-1;10-9-8-6-2-1-5(3-6)7(8)4-11-9;1-11(9)8-4-5-2-6(8)7(3-5)10-11;9-8-6-2-4-1-5(6)7(3-4)10-8;3*1-2-4-6-5-3-1;5-4-2-1-3-6-4;4*1-2-4-5-3-1;4-3-5-1-2-6-3/h2*1-7H;2*5-8H,1-4H2;4-7H,1-3H2;1-6H2;1-5H;1-5H2;1-3H2;1-4H2;1-4H;1-4H2;1-4H;1-2H2. The van der Waals surface area contributed by atoms with Gasteiger partial charge in [0.15, 0.2) is 0 Å². The first-order chi connectivity index (χ1) is 50.1. The van der Waals surface area contributed by atoms with Crippen molar-refractivity contribution in [1.29, 1.82) is 0 Å². The molecular formula is C82H109N3O14S3. The van der Waals surface area contributed by atoms with Crippen molar-refractivity contribution in [2.45, 2.75) is 172 Å². The Balaban J connectivity index is 0.000000129. The Bertz CT molecular complexity index is 3150. The Kier molecular flexibility index (Phi) is 35.5. The zero-order valence-electron chi connectivity index (χ0n) is 59.5. The maximum absolute atomic E-state index is 11.7. The van der Waals surface area contributed by atoms with Crippen LogP contribution in [0.2, 0.25) is 0 Å². The van der Waals surface area contributed by atoms with E-state index >= 15 is 0 Å². The van der Waals surface area contributed by atoms with Gasteiger partial charge in [-0.2, -0.15) is 23.1 Å². The maximum Gasteiger partial charge on any atom is 0.508 e. The Morgan fingerprint density at radius 1 is 0.471 bits per heavy atom. The third kappa shape index (κ3) is 27.4. The smallest absolute Gasteiger partial charge is 0.473 e. The molecule has 7 saturated carbocycles. The van der Waals surface area contributed by atoms with Crippen molar-refractivity contribution >= 4 is 84.5 Å². The predicted molar refractivity (Wildman–Crippen MR) is 405 cm³/mol. The molecule has 5 aromatic heterocycles. The Morgan fingerprint density at radius 2 is 1.09 bits per heavy atom. The fourth-order valence-corrected chi connectivity index (χ4v) is 19.2. The van der Waals surface area contributed by atoms with E-state index in [9.17, 15) is 23.4 Å². The van der Waals surface area contributed by atoms with E-state index in [0.29, 0.717) is 79.2 Å². The van der Waals surface area contributed by atoms with Gasteiger partial charge in [0.2, 0.25) is 0 Å². The number of furan rings is 1. The van der Waals surface area contributed by atoms with Crippen molar-refractivity contribution in [3.05, 3.63) is 163 Å². The van der Waals surface area contributed by atoms with Crippen molar-refractivity contribution in [3.63, 3.8) is 0 Å². The van der Waals surface area contributed by atoms with Gasteiger partial charge < -0.3 is 37.6 Å². The van der Waals surface area contributed by atoms with Gasteiger partial charge >= 0.3 is 24.1 Å². The minimum Gasteiger partial charge on any atom is -0.473 e. The van der Waals surface area contributed by atoms with Gasteiger partial charge in [-0.3, -0.25) is 33.5 Å². The van der Waals surface area contributed by atoms with Gasteiger partial charge in [-0.15, -0.1) is 0 Å². The van der Waals surface area contributed by atoms with Crippen LogP contribution in [-0.4, -0.2) is 131 Å². The molecule has 13 atom stereocenters. The molecule has 0 spiro atoms. The number of nitrogens with zero attached hydrogens (tertiary/aromatic N) is 3. The van der Waals surface area contributed by atoms with E-state index in [4.69, 9.17) is 23.1 Å². The molecule has 102 heavy (non-hydrogen) atoms. The van der Waals surface area contributed by atoms with E-state index in [-0.39, 0.29) is 17.9 Å². The number of benzene rings is 2. The minimum atomic E-state index is -2.13. The van der Waals surface area contributed by atoms with Crippen LogP contribution in [0.15, 0.2) is 168 Å². The van der Waals surface area contributed by atoms with Crippen molar-refractivity contribution in [2.24, 2.45) is 53.3 Å². The van der Waals surface area contributed by atoms with Crippen LogP contribution in [0.4, 0.5) is 4.79 Å². The van der Waals surface area contributed by atoms with Gasteiger partial charge in [0.1, 0.15) is 19.3 Å². The lowest BCUT2D eigenvalue weighted by Gasteiger charge is -2.19. The summed E-state index contributed by atoms with van der Waals surface area (Å²) in [5.41, 5.74) is 1.06. The van der Waals surface area contributed by atoms with Crippen LogP contribution in [0, 0.1) is 53.3 Å². The molecule has 0 radical (unpaired) electrons. The van der Waals surface area contributed by atoms with Gasteiger partial charge in [0.25, 0.3) is 0 Å². The predicted octanol–water partition coefficient (Wildman–Crippen LogP) is 17.9. The number of para-hydroxylation sites is 1. The summed E-state index contributed by atoms with van der Waals surface area (Å²) in [5.74, 6) is 12.3. The van der Waals surface area contributed by atoms with E-state index in [0.717, 1.165) is 88.4 Å².